The first-order valence-corrected chi connectivity index (χ1v) is 15.3. The third kappa shape index (κ3) is 5.85. The minimum Gasteiger partial charge on any atom is -0.483 e. The maximum atomic E-state index is 13.6. The summed E-state index contributed by atoms with van der Waals surface area (Å²) in [6.45, 7) is 7.73. The van der Waals surface area contributed by atoms with Gasteiger partial charge in [-0.3, -0.25) is 4.79 Å². The van der Waals surface area contributed by atoms with Crippen molar-refractivity contribution in [1.29, 1.82) is 0 Å². The predicted molar refractivity (Wildman–Crippen MR) is 154 cm³/mol. The van der Waals surface area contributed by atoms with Crippen molar-refractivity contribution in [3.63, 3.8) is 0 Å². The molecule has 3 aromatic rings. The lowest BCUT2D eigenvalue weighted by atomic mass is 9.87. The Kier molecular flexibility index (Phi) is 7.77. The van der Waals surface area contributed by atoms with Crippen LogP contribution >= 0.6 is 11.6 Å². The van der Waals surface area contributed by atoms with Crippen LogP contribution in [0.5, 0.6) is 5.75 Å². The molecule has 2 fully saturated rings. The van der Waals surface area contributed by atoms with Crippen molar-refractivity contribution in [3.05, 3.63) is 75.7 Å². The van der Waals surface area contributed by atoms with Crippen molar-refractivity contribution in [2.24, 2.45) is 0 Å². The van der Waals surface area contributed by atoms with E-state index < -0.39 is 10.0 Å². The van der Waals surface area contributed by atoms with Crippen LogP contribution in [-0.4, -0.2) is 54.8 Å². The lowest BCUT2D eigenvalue weighted by Gasteiger charge is -2.36. The molecule has 8 nitrogen and oxygen atoms in total. The zero-order valence-electron chi connectivity index (χ0n) is 22.6. The molecule has 0 bridgehead atoms. The Balaban J connectivity index is 1.39. The molecule has 2 heterocycles. The van der Waals surface area contributed by atoms with Gasteiger partial charge in [0.05, 0.1) is 22.9 Å². The molecule has 1 aliphatic carbocycles. The van der Waals surface area contributed by atoms with Crippen molar-refractivity contribution in [1.82, 2.24) is 14.1 Å². The maximum absolute atomic E-state index is 13.6. The minimum absolute atomic E-state index is 0.0237. The van der Waals surface area contributed by atoms with Gasteiger partial charge >= 0.3 is 5.56 Å². The number of hydrogen-bond donors (Lipinski definition) is 0. The first-order chi connectivity index (χ1) is 18.5. The highest BCUT2D eigenvalue weighted by Crippen LogP contribution is 2.31. The third-order valence-electron chi connectivity index (χ3n) is 7.49. The van der Waals surface area contributed by atoms with Gasteiger partial charge in [0.2, 0.25) is 15.8 Å². The summed E-state index contributed by atoms with van der Waals surface area (Å²) in [5, 5.41) is 4.94. The first kappa shape index (κ1) is 27.7. The number of piperazine rings is 1. The Labute approximate surface area is 235 Å². The van der Waals surface area contributed by atoms with E-state index in [0.717, 1.165) is 31.2 Å². The van der Waals surface area contributed by atoms with Crippen molar-refractivity contribution in [2.45, 2.75) is 62.9 Å². The monoisotopic (exact) mass is 570 g/mol. The zero-order valence-corrected chi connectivity index (χ0v) is 24.2. The first-order valence-electron chi connectivity index (χ1n) is 13.4. The summed E-state index contributed by atoms with van der Waals surface area (Å²) in [6, 6.07) is 14.1. The molecule has 10 heteroatoms. The Morgan fingerprint density at radius 3 is 2.26 bits per heavy atom. The fraction of sp³-hybridized carbons (Fsp3) is 0.448. The second kappa shape index (κ2) is 10.9. The molecule has 39 heavy (non-hydrogen) atoms. The van der Waals surface area contributed by atoms with Gasteiger partial charge in [-0.25, -0.2) is 8.42 Å². The van der Waals surface area contributed by atoms with Gasteiger partial charge in [0.1, 0.15) is 5.69 Å². The molecule has 5 rings (SSSR count). The Bertz CT molecular complexity index is 1480. The van der Waals surface area contributed by atoms with Crippen LogP contribution in [-0.2, 0) is 15.4 Å². The number of aromatic nitrogens is 2. The number of hydrogen-bond acceptors (Lipinski definition) is 6. The molecule has 0 radical (unpaired) electrons. The molecule has 1 aromatic heterocycles. The number of sulfonamides is 1. The highest BCUT2D eigenvalue weighted by Gasteiger charge is 2.31. The maximum Gasteiger partial charge on any atom is 0.316 e. The normalized spacial score (nSPS) is 17.5. The fourth-order valence-electron chi connectivity index (χ4n) is 5.18. The van der Waals surface area contributed by atoms with Gasteiger partial charge in [-0.2, -0.15) is 14.1 Å². The van der Waals surface area contributed by atoms with Gasteiger partial charge in [-0.05, 0) is 67.0 Å². The topological polar surface area (TPSA) is 84.7 Å². The van der Waals surface area contributed by atoms with E-state index in [-0.39, 0.29) is 22.8 Å². The van der Waals surface area contributed by atoms with E-state index in [1.807, 2.05) is 17.0 Å². The van der Waals surface area contributed by atoms with E-state index in [9.17, 15) is 13.2 Å². The summed E-state index contributed by atoms with van der Waals surface area (Å²) in [6.07, 6.45) is 5.56. The smallest absolute Gasteiger partial charge is 0.316 e. The van der Waals surface area contributed by atoms with E-state index in [1.165, 1.54) is 8.99 Å². The molecule has 0 amide bonds. The van der Waals surface area contributed by atoms with E-state index in [1.54, 1.807) is 42.6 Å². The molecular formula is C29H35ClN4O4S. The predicted octanol–water partition coefficient (Wildman–Crippen LogP) is 5.02. The van der Waals surface area contributed by atoms with Gasteiger partial charge in [-0.15, -0.1) is 0 Å². The summed E-state index contributed by atoms with van der Waals surface area (Å²) in [5.74, 6) is 0.256. The van der Waals surface area contributed by atoms with E-state index in [2.05, 4.69) is 25.9 Å². The summed E-state index contributed by atoms with van der Waals surface area (Å²) in [5.41, 5.74) is 1.83. The molecule has 1 aliphatic heterocycles. The molecule has 2 aliphatic rings. The van der Waals surface area contributed by atoms with Crippen LogP contribution in [0.1, 0.15) is 52.0 Å². The molecule has 2 aromatic carbocycles. The average Bonchev–Trinajstić information content (AvgIpc) is 3.43. The Morgan fingerprint density at radius 2 is 1.64 bits per heavy atom. The van der Waals surface area contributed by atoms with Crippen LogP contribution < -0.4 is 15.2 Å². The molecule has 1 saturated heterocycles. The highest BCUT2D eigenvalue weighted by atomic mass is 35.5. The second-order valence-corrected chi connectivity index (χ2v) is 13.6. The number of anilines is 1. The number of nitrogens with zero attached hydrogens (tertiary/aromatic N) is 4. The van der Waals surface area contributed by atoms with Gasteiger partial charge < -0.3 is 9.64 Å². The number of rotatable bonds is 6. The Hall–Kier alpha value is -2.88. The van der Waals surface area contributed by atoms with Crippen molar-refractivity contribution >= 4 is 27.3 Å². The number of benzene rings is 2. The van der Waals surface area contributed by atoms with Crippen LogP contribution in [0.2, 0.25) is 5.02 Å². The zero-order chi connectivity index (χ0) is 27.8. The van der Waals surface area contributed by atoms with Crippen molar-refractivity contribution in [3.8, 4) is 11.4 Å². The molecule has 0 N–H and O–H groups in total. The average molecular weight is 571 g/mol. The van der Waals surface area contributed by atoms with Gasteiger partial charge in [0, 0.05) is 31.2 Å². The van der Waals surface area contributed by atoms with Crippen LogP contribution in [0.4, 0.5) is 5.69 Å². The molecule has 0 atom stereocenters. The van der Waals surface area contributed by atoms with Crippen LogP contribution in [0.15, 0.2) is 64.4 Å². The number of ether oxygens (including phenoxy) is 1. The summed E-state index contributed by atoms with van der Waals surface area (Å²) in [7, 11) is -3.63. The fourth-order valence-corrected chi connectivity index (χ4v) is 6.78. The highest BCUT2D eigenvalue weighted by molar-refractivity contribution is 7.89. The molecular weight excluding hydrogens is 536 g/mol. The van der Waals surface area contributed by atoms with Crippen LogP contribution in [0.25, 0.3) is 5.69 Å². The van der Waals surface area contributed by atoms with Gasteiger partial charge in [-0.1, -0.05) is 50.6 Å². The van der Waals surface area contributed by atoms with E-state index in [4.69, 9.17) is 16.3 Å². The molecule has 0 unspecified atom stereocenters. The SMILES string of the molecule is CC(C)(C)c1ccc(S(=O)(=O)N2CCN(c3cnn(-c4cccc(Cl)c4)c(=O)c3OC3CCCC3)CC2)cc1. The largest absolute Gasteiger partial charge is 0.483 e. The standard InChI is InChI=1S/C29H35ClN4O4S/c1-29(2,3)21-11-13-25(14-12-21)39(36,37)33-17-15-32(16-18-33)26-20-31-34(23-8-6-7-22(30)19-23)28(35)27(26)38-24-9-4-5-10-24/h6-8,11-14,19-20,24H,4-5,9-10,15-18H2,1-3H3. The van der Waals surface area contributed by atoms with Crippen molar-refractivity contribution < 1.29 is 13.2 Å². The van der Waals surface area contributed by atoms with Gasteiger partial charge in [0.25, 0.3) is 0 Å². The Morgan fingerprint density at radius 1 is 0.974 bits per heavy atom. The van der Waals surface area contributed by atoms with E-state index in [0.29, 0.717) is 47.5 Å². The molecule has 1 saturated carbocycles. The molecule has 0 spiro atoms. The third-order valence-corrected chi connectivity index (χ3v) is 9.64. The van der Waals surface area contributed by atoms with E-state index >= 15 is 0 Å². The quantitative estimate of drug-likeness (QED) is 0.414. The summed E-state index contributed by atoms with van der Waals surface area (Å²) < 4.78 is 35.9. The van der Waals surface area contributed by atoms with Gasteiger partial charge in [0.15, 0.2) is 0 Å². The number of halogens is 1. The second-order valence-electron chi connectivity index (χ2n) is 11.2. The summed E-state index contributed by atoms with van der Waals surface area (Å²) >= 11 is 6.16. The summed E-state index contributed by atoms with van der Waals surface area (Å²) in [4.78, 5) is 15.9. The lowest BCUT2D eigenvalue weighted by molar-refractivity contribution is 0.205. The minimum atomic E-state index is -3.63. The van der Waals surface area contributed by atoms with Crippen LogP contribution in [0, 0.1) is 0 Å². The lowest BCUT2D eigenvalue weighted by Crippen LogP contribution is -2.49. The van der Waals surface area contributed by atoms with Crippen LogP contribution in [0.3, 0.4) is 0 Å². The van der Waals surface area contributed by atoms with Crippen molar-refractivity contribution in [2.75, 3.05) is 31.1 Å². The molecule has 208 valence electrons.